The van der Waals surface area contributed by atoms with Crippen molar-refractivity contribution in [2.24, 2.45) is 0 Å². The van der Waals surface area contributed by atoms with Gasteiger partial charge < -0.3 is 20.1 Å². The maximum atomic E-state index is 15.3. The maximum absolute atomic E-state index is 15.3. The van der Waals surface area contributed by atoms with Crippen molar-refractivity contribution in [3.63, 3.8) is 0 Å². The van der Waals surface area contributed by atoms with Crippen LogP contribution in [0.3, 0.4) is 0 Å². The molecule has 1 aliphatic heterocycles. The number of nitrogens with one attached hydrogen (secondary N) is 3. The lowest BCUT2D eigenvalue weighted by Crippen LogP contribution is -2.53. The highest BCUT2D eigenvalue weighted by atomic mass is 19.4. The number of aromatic amines is 1. The molecule has 11 nitrogen and oxygen atoms in total. The van der Waals surface area contributed by atoms with Crippen LogP contribution in [0.4, 0.5) is 34.1 Å². The molecular weight excluding hydrogens is 596 g/mol. The third kappa shape index (κ3) is 6.39. The zero-order chi connectivity index (χ0) is 31.3. The van der Waals surface area contributed by atoms with E-state index in [1.807, 2.05) is 13.1 Å². The van der Waals surface area contributed by atoms with Gasteiger partial charge in [-0.2, -0.15) is 18.3 Å². The molecule has 3 aliphatic rings. The second kappa shape index (κ2) is 11.2. The Bertz CT molecular complexity index is 1680. The van der Waals surface area contributed by atoms with E-state index in [2.05, 4.69) is 35.7 Å². The van der Waals surface area contributed by atoms with Crippen molar-refractivity contribution in [1.82, 2.24) is 34.8 Å². The van der Waals surface area contributed by atoms with E-state index in [-0.39, 0.29) is 11.6 Å². The second-order valence-corrected chi connectivity index (χ2v) is 12.3. The van der Waals surface area contributed by atoms with E-state index < -0.39 is 36.0 Å². The van der Waals surface area contributed by atoms with Gasteiger partial charge in [0, 0.05) is 55.2 Å². The van der Waals surface area contributed by atoms with Gasteiger partial charge in [-0.25, -0.2) is 19.2 Å². The molecule has 7 rings (SSSR count). The number of alkyl halides is 4. The average Bonchev–Trinajstić information content (AvgIpc) is 3.30. The van der Waals surface area contributed by atoms with Crippen LogP contribution in [-0.4, -0.2) is 72.6 Å². The van der Waals surface area contributed by atoms with E-state index >= 15 is 4.39 Å². The summed E-state index contributed by atoms with van der Waals surface area (Å²) >= 11 is 0. The Kier molecular flexibility index (Phi) is 7.29. The number of halogens is 4. The monoisotopic (exact) mass is 628 g/mol. The lowest BCUT2D eigenvalue weighted by molar-refractivity contribution is -0.137. The van der Waals surface area contributed by atoms with Crippen LogP contribution in [0.5, 0.6) is 5.75 Å². The van der Waals surface area contributed by atoms with Gasteiger partial charge in [-0.3, -0.25) is 14.4 Å². The number of rotatable bonds is 9. The van der Waals surface area contributed by atoms with Crippen LogP contribution in [0.25, 0.3) is 5.65 Å². The number of hydrogen-bond acceptors (Lipinski definition) is 8. The Morgan fingerprint density at radius 1 is 1.16 bits per heavy atom. The number of amides is 1. The molecule has 3 fully saturated rings. The van der Waals surface area contributed by atoms with Crippen molar-refractivity contribution in [2.75, 3.05) is 18.4 Å². The molecule has 0 unspecified atom stereocenters. The third-order valence-corrected chi connectivity index (χ3v) is 8.63. The first kappa shape index (κ1) is 29.3. The van der Waals surface area contributed by atoms with Gasteiger partial charge in [-0.1, -0.05) is 0 Å². The lowest BCUT2D eigenvalue weighted by Gasteiger charge is -2.38. The van der Waals surface area contributed by atoms with E-state index in [4.69, 9.17) is 9.47 Å². The number of ether oxygens (including phenoxy) is 2. The zero-order valence-corrected chi connectivity index (χ0v) is 24.4. The molecule has 1 saturated heterocycles. The van der Waals surface area contributed by atoms with E-state index in [0.29, 0.717) is 61.3 Å². The van der Waals surface area contributed by atoms with Gasteiger partial charge in [0.25, 0.3) is 0 Å². The predicted molar refractivity (Wildman–Crippen MR) is 154 cm³/mol. The van der Waals surface area contributed by atoms with Crippen LogP contribution in [0.1, 0.15) is 55.5 Å². The molecular formula is C30H32F4N8O3. The molecule has 0 bridgehead atoms. The summed E-state index contributed by atoms with van der Waals surface area (Å²) in [4.78, 5) is 23.4. The predicted octanol–water partition coefficient (Wildman–Crippen LogP) is 5.34. The number of imidazole rings is 1. The first-order valence-corrected chi connectivity index (χ1v) is 14.9. The number of carbonyl (C=O) groups excluding carboxylic acids is 1. The number of benzene rings is 1. The van der Waals surface area contributed by atoms with Crippen molar-refractivity contribution in [3.05, 3.63) is 65.7 Å². The molecule has 3 N–H and O–H groups in total. The molecule has 2 aliphatic carbocycles. The average molecular weight is 629 g/mol. The molecule has 15 heteroatoms. The summed E-state index contributed by atoms with van der Waals surface area (Å²) in [5, 5.41) is 13.2. The molecule has 1 aromatic carbocycles. The molecule has 2 saturated carbocycles. The van der Waals surface area contributed by atoms with E-state index in [1.54, 1.807) is 22.7 Å². The fourth-order valence-corrected chi connectivity index (χ4v) is 5.81. The van der Waals surface area contributed by atoms with Gasteiger partial charge in [0.2, 0.25) is 5.95 Å². The number of H-pyrrole nitrogens is 1. The highest BCUT2D eigenvalue weighted by Gasteiger charge is 2.43. The van der Waals surface area contributed by atoms with Gasteiger partial charge in [-0.05, 0) is 62.9 Å². The molecule has 45 heavy (non-hydrogen) atoms. The Hall–Kier alpha value is -4.40. The van der Waals surface area contributed by atoms with Crippen molar-refractivity contribution in [2.45, 2.75) is 75.2 Å². The minimum Gasteiger partial charge on any atom is -0.488 e. The van der Waals surface area contributed by atoms with Crippen molar-refractivity contribution >= 4 is 23.5 Å². The summed E-state index contributed by atoms with van der Waals surface area (Å²) in [7, 11) is 0. The van der Waals surface area contributed by atoms with Gasteiger partial charge >= 0.3 is 12.3 Å². The number of hydrogen-bond donors (Lipinski definition) is 3. The van der Waals surface area contributed by atoms with Crippen LogP contribution in [0, 0.1) is 0 Å². The van der Waals surface area contributed by atoms with Crippen LogP contribution >= 0.6 is 0 Å². The molecule has 4 heterocycles. The summed E-state index contributed by atoms with van der Waals surface area (Å²) < 4.78 is 66.6. The van der Waals surface area contributed by atoms with E-state index in [0.717, 1.165) is 30.7 Å². The van der Waals surface area contributed by atoms with Crippen LogP contribution in [0.15, 0.2) is 48.8 Å². The largest absolute Gasteiger partial charge is 0.488 e. The van der Waals surface area contributed by atoms with E-state index in [1.165, 1.54) is 12.1 Å². The Morgan fingerprint density at radius 2 is 1.93 bits per heavy atom. The highest BCUT2D eigenvalue weighted by molar-refractivity contribution is 5.69. The van der Waals surface area contributed by atoms with Crippen molar-refractivity contribution in [1.29, 1.82) is 0 Å². The van der Waals surface area contributed by atoms with Gasteiger partial charge in [-0.15, -0.1) is 0 Å². The number of likely N-dealkylation sites (tertiary alicyclic amines) is 1. The summed E-state index contributed by atoms with van der Waals surface area (Å²) in [5.74, 6) is 0.861. The minimum absolute atomic E-state index is 0.125. The molecule has 238 valence electrons. The smallest absolute Gasteiger partial charge is 0.416 e. The normalized spacial score (nSPS) is 23.1. The van der Waals surface area contributed by atoms with E-state index in [9.17, 15) is 18.0 Å². The second-order valence-electron chi connectivity index (χ2n) is 12.3. The van der Waals surface area contributed by atoms with Crippen LogP contribution in [-0.2, 0) is 17.5 Å². The van der Waals surface area contributed by atoms with Crippen LogP contribution < -0.4 is 15.4 Å². The SMILES string of the molecule is CC1(NC(=O)O[C@H]2CC[C@@H](c3cc(Nc4nccc5nc(CN6CC(Oc7ccc(C(F)(F)F)cc7)C6)cn45)n[nH]3)[C@H]2F)CC1. The molecule has 1 amide bonds. The Balaban J connectivity index is 0.931. The summed E-state index contributed by atoms with van der Waals surface area (Å²) in [6.07, 6.45) is -1.01. The number of alkyl carbamates (subject to hydrolysis) is 1. The number of aromatic nitrogens is 5. The van der Waals surface area contributed by atoms with Crippen LogP contribution in [0.2, 0.25) is 0 Å². The molecule has 3 aromatic heterocycles. The topological polar surface area (TPSA) is 122 Å². The quantitative estimate of drug-likeness (QED) is 0.213. The van der Waals surface area contributed by atoms with Gasteiger partial charge in [0.1, 0.15) is 29.8 Å². The Morgan fingerprint density at radius 3 is 2.67 bits per heavy atom. The number of carbonyl (C=O) groups is 1. The van der Waals surface area contributed by atoms with Gasteiger partial charge in [0.05, 0.1) is 11.3 Å². The molecule has 0 spiro atoms. The molecule has 4 aromatic rings. The van der Waals surface area contributed by atoms with Gasteiger partial charge in [0.15, 0.2) is 5.82 Å². The summed E-state index contributed by atoms with van der Waals surface area (Å²) in [6.45, 7) is 3.72. The highest BCUT2D eigenvalue weighted by Crippen LogP contribution is 2.39. The fourth-order valence-electron chi connectivity index (χ4n) is 5.81. The van der Waals surface area contributed by atoms with Crippen molar-refractivity contribution < 1.29 is 31.8 Å². The standard InChI is InChI=1S/C30H32F4N8O3/c1-29(9-10-29)38-28(43)45-23-7-6-21(26(23)31)22-12-24(40-39-22)37-27-35-11-8-25-36-18(14-42(25)27)13-41-15-20(16-41)44-19-4-2-17(3-5-19)30(32,33)34/h2-5,8,11-12,14,20-21,23,26H,6-7,9-10,13,15-16H2,1H3,(H,38,43)(H2,35,37,39,40)/t21-,23-,26+/m0/s1. The number of fused-ring (bicyclic) bond motifs is 1. The van der Waals surface area contributed by atoms with Crippen molar-refractivity contribution in [3.8, 4) is 5.75 Å². The zero-order valence-electron chi connectivity index (χ0n) is 24.4. The number of anilines is 2. The fraction of sp³-hybridized carbons (Fsp3) is 0.467. The third-order valence-electron chi connectivity index (χ3n) is 8.63. The summed E-state index contributed by atoms with van der Waals surface area (Å²) in [5.41, 5.74) is 1.15. The maximum Gasteiger partial charge on any atom is 0.416 e. The first-order valence-electron chi connectivity index (χ1n) is 14.9. The molecule has 0 radical (unpaired) electrons. The number of nitrogens with zero attached hydrogens (tertiary/aromatic N) is 5. The lowest BCUT2D eigenvalue weighted by atomic mass is 10.0. The Labute approximate surface area is 255 Å². The first-order chi connectivity index (χ1) is 21.5. The summed E-state index contributed by atoms with van der Waals surface area (Å²) in [6, 6.07) is 8.22. The molecule has 3 atom stereocenters. The minimum atomic E-state index is -4.38.